The van der Waals surface area contributed by atoms with Gasteiger partial charge in [-0.05, 0) is 56.2 Å². The zero-order valence-corrected chi connectivity index (χ0v) is 20.7. The third kappa shape index (κ3) is 8.22. The second-order valence-electron chi connectivity index (χ2n) is 6.82. The van der Waals surface area contributed by atoms with Crippen LogP contribution in [0.5, 0.6) is 0 Å². The highest BCUT2D eigenvalue weighted by atomic mass is 127. The lowest BCUT2D eigenvalue weighted by atomic mass is 10.1. The summed E-state index contributed by atoms with van der Waals surface area (Å²) in [4.78, 5) is 18.8. The molecule has 0 atom stereocenters. The minimum absolute atomic E-state index is 0. The molecule has 0 saturated carbocycles. The van der Waals surface area contributed by atoms with Gasteiger partial charge in [0.05, 0.1) is 6.54 Å². The maximum Gasteiger partial charge on any atom is 0.251 e. The van der Waals surface area contributed by atoms with E-state index in [2.05, 4.69) is 70.9 Å². The molecule has 0 bridgehead atoms. The summed E-state index contributed by atoms with van der Waals surface area (Å²) < 4.78 is 0. The fourth-order valence-corrected chi connectivity index (χ4v) is 3.07. The number of guanidine groups is 1. The molecule has 0 saturated heterocycles. The lowest BCUT2D eigenvalue weighted by molar-refractivity contribution is 0.0963. The Labute approximate surface area is 197 Å². The van der Waals surface area contributed by atoms with Gasteiger partial charge in [0.1, 0.15) is 0 Å². The van der Waals surface area contributed by atoms with Gasteiger partial charge in [-0.1, -0.05) is 24.3 Å². The van der Waals surface area contributed by atoms with E-state index in [0.717, 1.165) is 37.7 Å². The summed E-state index contributed by atoms with van der Waals surface area (Å²) in [5, 5.41) is 9.34. The number of rotatable bonds is 9. The Hall–Kier alpha value is -2.29. The normalized spacial score (nSPS) is 10.7. The first-order chi connectivity index (χ1) is 14.1. The van der Waals surface area contributed by atoms with Gasteiger partial charge in [0, 0.05) is 44.5 Å². The number of halogens is 1. The smallest absolute Gasteiger partial charge is 0.251 e. The molecule has 2 aromatic carbocycles. The van der Waals surface area contributed by atoms with Gasteiger partial charge in [0.2, 0.25) is 0 Å². The Kier molecular flexibility index (Phi) is 11.9. The molecule has 2 aromatic rings. The van der Waals surface area contributed by atoms with Crippen molar-refractivity contribution in [1.29, 1.82) is 0 Å². The third-order valence-corrected chi connectivity index (χ3v) is 4.60. The summed E-state index contributed by atoms with van der Waals surface area (Å²) in [6.45, 7) is 10.3. The Morgan fingerprint density at radius 1 is 1.07 bits per heavy atom. The predicted octanol–water partition coefficient (Wildman–Crippen LogP) is 3.55. The molecule has 0 unspecified atom stereocenters. The summed E-state index contributed by atoms with van der Waals surface area (Å²) >= 11 is 0. The van der Waals surface area contributed by atoms with E-state index in [0.29, 0.717) is 12.1 Å². The van der Waals surface area contributed by atoms with Crippen LogP contribution in [0.15, 0.2) is 53.5 Å². The van der Waals surface area contributed by atoms with Crippen LogP contribution in [0, 0.1) is 6.92 Å². The highest BCUT2D eigenvalue weighted by Gasteiger charge is 2.06. The van der Waals surface area contributed by atoms with Gasteiger partial charge >= 0.3 is 0 Å². The van der Waals surface area contributed by atoms with Crippen LogP contribution in [-0.2, 0) is 6.54 Å². The maximum absolute atomic E-state index is 11.8. The molecule has 3 N–H and O–H groups in total. The van der Waals surface area contributed by atoms with E-state index in [1.165, 1.54) is 11.3 Å². The van der Waals surface area contributed by atoms with E-state index in [-0.39, 0.29) is 29.9 Å². The first kappa shape index (κ1) is 25.7. The number of benzene rings is 2. The first-order valence-electron chi connectivity index (χ1n) is 10.2. The fraction of sp³-hybridized carbons (Fsp3) is 0.391. The molecule has 0 aliphatic rings. The molecule has 7 heteroatoms. The predicted molar refractivity (Wildman–Crippen MR) is 137 cm³/mol. The van der Waals surface area contributed by atoms with Crippen molar-refractivity contribution in [3.05, 3.63) is 65.2 Å². The number of nitrogens with zero attached hydrogens (tertiary/aromatic N) is 2. The van der Waals surface area contributed by atoms with Gasteiger partial charge < -0.3 is 20.9 Å². The standard InChI is InChI=1S/C23H33N5O.HI/c1-5-25-23(27-17-19-10-8-11-20(16-19)22(29)24-4)26-13-14-28(6-2)21-12-7-9-18(3)15-21;/h7-12,15-16H,5-6,13-14,17H2,1-4H3,(H,24,29)(H2,25,26,27);1H. The Morgan fingerprint density at radius 3 is 2.50 bits per heavy atom. The van der Waals surface area contributed by atoms with Crippen molar-refractivity contribution in [2.75, 3.05) is 38.1 Å². The molecule has 0 spiro atoms. The number of likely N-dealkylation sites (N-methyl/N-ethyl adjacent to an activating group) is 1. The van der Waals surface area contributed by atoms with Crippen molar-refractivity contribution in [3.63, 3.8) is 0 Å². The molecular weight excluding hydrogens is 489 g/mol. The van der Waals surface area contributed by atoms with E-state index >= 15 is 0 Å². The largest absolute Gasteiger partial charge is 0.370 e. The summed E-state index contributed by atoms with van der Waals surface area (Å²) in [6, 6.07) is 16.1. The number of amides is 1. The molecule has 2 rings (SSSR count). The molecule has 30 heavy (non-hydrogen) atoms. The summed E-state index contributed by atoms with van der Waals surface area (Å²) in [5.41, 5.74) is 4.15. The van der Waals surface area contributed by atoms with Crippen molar-refractivity contribution in [3.8, 4) is 0 Å². The number of aliphatic imine (C=N–C) groups is 1. The maximum atomic E-state index is 11.8. The zero-order valence-electron chi connectivity index (χ0n) is 18.4. The number of carbonyl (C=O) groups is 1. The van der Waals surface area contributed by atoms with Crippen molar-refractivity contribution in [2.24, 2.45) is 4.99 Å². The van der Waals surface area contributed by atoms with Crippen LogP contribution in [-0.4, -0.2) is 45.1 Å². The highest BCUT2D eigenvalue weighted by Crippen LogP contribution is 2.15. The quantitative estimate of drug-likeness (QED) is 0.267. The molecule has 0 aromatic heterocycles. The Morgan fingerprint density at radius 2 is 1.83 bits per heavy atom. The van der Waals surface area contributed by atoms with Crippen LogP contribution in [0.4, 0.5) is 5.69 Å². The van der Waals surface area contributed by atoms with E-state index in [1.54, 1.807) is 13.1 Å². The van der Waals surface area contributed by atoms with Crippen molar-refractivity contribution in [2.45, 2.75) is 27.3 Å². The van der Waals surface area contributed by atoms with Crippen molar-refractivity contribution in [1.82, 2.24) is 16.0 Å². The SMILES string of the molecule is CCNC(=NCc1cccc(C(=O)NC)c1)NCCN(CC)c1cccc(C)c1.I. The summed E-state index contributed by atoms with van der Waals surface area (Å²) in [7, 11) is 1.64. The number of nitrogens with one attached hydrogen (secondary N) is 3. The average Bonchev–Trinajstić information content (AvgIpc) is 2.74. The van der Waals surface area contributed by atoms with Crippen molar-refractivity contribution < 1.29 is 4.79 Å². The van der Waals surface area contributed by atoms with Crippen LogP contribution in [0.25, 0.3) is 0 Å². The monoisotopic (exact) mass is 523 g/mol. The Bertz CT molecular complexity index is 825. The molecule has 0 heterocycles. The zero-order chi connectivity index (χ0) is 21.1. The minimum atomic E-state index is -0.0864. The van der Waals surface area contributed by atoms with E-state index in [9.17, 15) is 4.79 Å². The molecule has 6 nitrogen and oxygen atoms in total. The number of aryl methyl sites for hydroxylation is 1. The lowest BCUT2D eigenvalue weighted by Gasteiger charge is -2.24. The fourth-order valence-electron chi connectivity index (χ4n) is 3.07. The highest BCUT2D eigenvalue weighted by molar-refractivity contribution is 14.0. The van der Waals surface area contributed by atoms with E-state index < -0.39 is 0 Å². The number of hydrogen-bond acceptors (Lipinski definition) is 3. The van der Waals surface area contributed by atoms with Gasteiger partial charge in [0.15, 0.2) is 5.96 Å². The van der Waals surface area contributed by atoms with Crippen LogP contribution in [0.3, 0.4) is 0 Å². The van der Waals surface area contributed by atoms with E-state index in [4.69, 9.17) is 0 Å². The van der Waals surface area contributed by atoms with E-state index in [1.807, 2.05) is 18.2 Å². The third-order valence-electron chi connectivity index (χ3n) is 4.60. The average molecular weight is 523 g/mol. The van der Waals surface area contributed by atoms with Crippen LogP contribution in [0.1, 0.15) is 35.3 Å². The molecule has 164 valence electrons. The van der Waals surface area contributed by atoms with Gasteiger partial charge in [-0.15, -0.1) is 24.0 Å². The number of carbonyl (C=O) groups excluding carboxylic acids is 1. The first-order valence-corrected chi connectivity index (χ1v) is 10.2. The van der Waals surface area contributed by atoms with Gasteiger partial charge in [-0.25, -0.2) is 4.99 Å². The number of hydrogen-bond donors (Lipinski definition) is 3. The Balaban J connectivity index is 0.00000450. The number of anilines is 1. The molecular formula is C23H34IN5O. The molecule has 0 aliphatic carbocycles. The van der Waals surface area contributed by atoms with Gasteiger partial charge in [-0.3, -0.25) is 4.79 Å². The lowest BCUT2D eigenvalue weighted by Crippen LogP contribution is -2.41. The molecule has 0 aliphatic heterocycles. The van der Waals surface area contributed by atoms with Crippen molar-refractivity contribution >= 4 is 41.5 Å². The second-order valence-corrected chi connectivity index (χ2v) is 6.82. The molecule has 0 fully saturated rings. The van der Waals surface area contributed by atoms with Gasteiger partial charge in [0.25, 0.3) is 5.91 Å². The minimum Gasteiger partial charge on any atom is -0.370 e. The molecule has 0 radical (unpaired) electrons. The molecule has 1 amide bonds. The summed E-state index contributed by atoms with van der Waals surface area (Å²) in [6.07, 6.45) is 0. The topological polar surface area (TPSA) is 68.8 Å². The van der Waals surface area contributed by atoms with Crippen LogP contribution in [0.2, 0.25) is 0 Å². The van der Waals surface area contributed by atoms with Crippen LogP contribution < -0.4 is 20.9 Å². The second kappa shape index (κ2) is 13.8. The summed E-state index contributed by atoms with van der Waals surface area (Å²) in [5.74, 6) is 0.690. The van der Waals surface area contributed by atoms with Crippen LogP contribution >= 0.6 is 24.0 Å². The van der Waals surface area contributed by atoms with Gasteiger partial charge in [-0.2, -0.15) is 0 Å².